The highest BCUT2D eigenvalue weighted by Crippen LogP contribution is 2.36. The van der Waals surface area contributed by atoms with Crippen LogP contribution in [0.1, 0.15) is 33.9 Å². The van der Waals surface area contributed by atoms with Crippen molar-refractivity contribution in [1.29, 1.82) is 0 Å². The van der Waals surface area contributed by atoms with E-state index in [0.717, 1.165) is 35.9 Å². The van der Waals surface area contributed by atoms with Crippen molar-refractivity contribution < 1.29 is 23.4 Å². The van der Waals surface area contributed by atoms with Gasteiger partial charge in [0.2, 0.25) is 0 Å². The summed E-state index contributed by atoms with van der Waals surface area (Å²) in [7, 11) is 0. The maximum atomic E-state index is 14.2. The molecule has 2 aromatic rings. The van der Waals surface area contributed by atoms with Gasteiger partial charge >= 0.3 is 0 Å². The smallest absolute Gasteiger partial charge is 0.254 e. The lowest BCUT2D eigenvalue weighted by Crippen LogP contribution is -2.32. The molecular weight excluding hydrogens is 328 g/mol. The van der Waals surface area contributed by atoms with E-state index in [0.29, 0.717) is 12.2 Å². The van der Waals surface area contributed by atoms with E-state index in [4.69, 9.17) is 4.74 Å². The van der Waals surface area contributed by atoms with Gasteiger partial charge in [-0.2, -0.15) is 0 Å². The van der Waals surface area contributed by atoms with E-state index in [1.165, 1.54) is 4.90 Å². The molecule has 1 fully saturated rings. The highest BCUT2D eigenvalue weighted by atomic mass is 19.1. The fraction of sp³-hybridized carbons (Fsp3) is 0.316. The summed E-state index contributed by atoms with van der Waals surface area (Å²) in [5.74, 6) is -0.689. The monoisotopic (exact) mass is 345 g/mol. The number of amides is 1. The second-order valence-corrected chi connectivity index (χ2v) is 6.45. The van der Waals surface area contributed by atoms with Gasteiger partial charge in [-0.05, 0) is 48.4 Å². The third kappa shape index (κ3) is 2.87. The van der Waals surface area contributed by atoms with Crippen LogP contribution in [-0.2, 0) is 6.42 Å². The molecule has 0 spiro atoms. The average Bonchev–Trinajstić information content (AvgIpc) is 3.22. The van der Waals surface area contributed by atoms with Gasteiger partial charge in [0.05, 0.1) is 18.8 Å². The molecule has 0 saturated carbocycles. The van der Waals surface area contributed by atoms with Crippen LogP contribution in [0.4, 0.5) is 8.78 Å². The maximum absolute atomic E-state index is 14.2. The molecule has 2 atom stereocenters. The largest absolute Gasteiger partial charge is 0.493 e. The van der Waals surface area contributed by atoms with E-state index in [-0.39, 0.29) is 24.4 Å². The molecule has 2 aliphatic rings. The molecule has 25 heavy (non-hydrogen) atoms. The molecule has 1 saturated heterocycles. The second kappa shape index (κ2) is 6.11. The number of rotatable bonds is 2. The molecule has 0 radical (unpaired) electrons. The Balaban J connectivity index is 1.67. The number of halogens is 2. The first-order valence-electron chi connectivity index (χ1n) is 8.22. The van der Waals surface area contributed by atoms with Crippen molar-refractivity contribution in [3.8, 4) is 5.75 Å². The van der Waals surface area contributed by atoms with Crippen molar-refractivity contribution in [1.82, 2.24) is 4.90 Å². The predicted octanol–water partition coefficient (Wildman–Crippen LogP) is 2.85. The highest BCUT2D eigenvalue weighted by molar-refractivity contribution is 5.95. The molecule has 2 unspecified atom stereocenters. The molecule has 6 heteroatoms. The zero-order valence-electron chi connectivity index (χ0n) is 13.4. The Hall–Kier alpha value is -2.47. The van der Waals surface area contributed by atoms with E-state index in [1.54, 1.807) is 18.2 Å². The number of hydrogen-bond acceptors (Lipinski definition) is 3. The molecule has 4 rings (SSSR count). The minimum Gasteiger partial charge on any atom is -0.493 e. The summed E-state index contributed by atoms with van der Waals surface area (Å²) in [4.78, 5) is 14.3. The van der Waals surface area contributed by atoms with Crippen molar-refractivity contribution in [3.63, 3.8) is 0 Å². The molecule has 4 nitrogen and oxygen atoms in total. The molecule has 1 amide bonds. The zero-order chi connectivity index (χ0) is 17.6. The Morgan fingerprint density at radius 3 is 2.88 bits per heavy atom. The minimum absolute atomic E-state index is 0.0903. The van der Waals surface area contributed by atoms with E-state index in [2.05, 4.69) is 0 Å². The molecule has 130 valence electrons. The molecular formula is C19H17F2NO3. The first-order valence-corrected chi connectivity index (χ1v) is 8.22. The Morgan fingerprint density at radius 2 is 2.04 bits per heavy atom. The number of carbonyl (C=O) groups excluding carboxylic acids is 1. The molecule has 1 N–H and O–H groups in total. The van der Waals surface area contributed by atoms with Crippen molar-refractivity contribution in [3.05, 3.63) is 64.7 Å². The van der Waals surface area contributed by atoms with Crippen LogP contribution in [0, 0.1) is 11.6 Å². The normalized spacial score (nSPS) is 22.0. The van der Waals surface area contributed by atoms with Crippen molar-refractivity contribution in [2.75, 3.05) is 13.2 Å². The van der Waals surface area contributed by atoms with Gasteiger partial charge in [-0.1, -0.05) is 0 Å². The zero-order valence-corrected chi connectivity index (χ0v) is 13.4. The van der Waals surface area contributed by atoms with Gasteiger partial charge in [-0.3, -0.25) is 4.79 Å². The molecule has 0 aromatic heterocycles. The summed E-state index contributed by atoms with van der Waals surface area (Å²) in [6.45, 7) is 0.680. The van der Waals surface area contributed by atoms with Gasteiger partial charge in [0.15, 0.2) is 0 Å². The summed E-state index contributed by atoms with van der Waals surface area (Å²) in [6.07, 6.45) is 0.149. The SMILES string of the molecule is O=C(c1ccc2c(c1)CCO2)N1CC(O)CC1c1cc(F)ccc1F. The van der Waals surface area contributed by atoms with Crippen LogP contribution >= 0.6 is 0 Å². The lowest BCUT2D eigenvalue weighted by molar-refractivity contribution is 0.0713. The Labute approximate surface area is 143 Å². The molecule has 2 aliphatic heterocycles. The number of aliphatic hydroxyl groups excluding tert-OH is 1. The number of carbonyl (C=O) groups is 1. The quantitative estimate of drug-likeness (QED) is 0.911. The standard InChI is InChI=1S/C19H17F2NO3/c20-13-2-3-16(21)15(8-13)17-9-14(23)10-22(17)19(24)12-1-4-18-11(7-12)5-6-25-18/h1-4,7-8,14,17,23H,5-6,9-10H2. The Morgan fingerprint density at radius 1 is 1.20 bits per heavy atom. The summed E-state index contributed by atoms with van der Waals surface area (Å²) in [5.41, 5.74) is 1.51. The fourth-order valence-electron chi connectivity index (χ4n) is 3.59. The lowest BCUT2D eigenvalue weighted by Gasteiger charge is -2.25. The molecule has 2 aromatic carbocycles. The van der Waals surface area contributed by atoms with Gasteiger partial charge in [-0.15, -0.1) is 0 Å². The topological polar surface area (TPSA) is 49.8 Å². The Kier molecular flexibility index (Phi) is 3.92. The summed E-state index contributed by atoms with van der Waals surface area (Å²) in [6, 6.07) is 7.67. The van der Waals surface area contributed by atoms with Crippen LogP contribution in [-0.4, -0.2) is 35.2 Å². The van der Waals surface area contributed by atoms with Crippen LogP contribution in [0.5, 0.6) is 5.75 Å². The van der Waals surface area contributed by atoms with Crippen LogP contribution in [0.2, 0.25) is 0 Å². The first-order chi connectivity index (χ1) is 12.0. The second-order valence-electron chi connectivity index (χ2n) is 6.45. The molecule has 2 heterocycles. The van der Waals surface area contributed by atoms with Gasteiger partial charge in [0.25, 0.3) is 5.91 Å². The van der Waals surface area contributed by atoms with E-state index >= 15 is 0 Å². The predicted molar refractivity (Wildman–Crippen MR) is 86.4 cm³/mol. The third-order valence-corrected chi connectivity index (χ3v) is 4.79. The summed E-state index contributed by atoms with van der Waals surface area (Å²) < 4.78 is 33.2. The highest BCUT2D eigenvalue weighted by Gasteiger charge is 2.37. The number of nitrogens with zero attached hydrogens (tertiary/aromatic N) is 1. The van der Waals surface area contributed by atoms with Crippen LogP contribution in [0.3, 0.4) is 0 Å². The maximum Gasteiger partial charge on any atom is 0.254 e. The molecule has 0 bridgehead atoms. The fourth-order valence-corrected chi connectivity index (χ4v) is 3.59. The van der Waals surface area contributed by atoms with Gasteiger partial charge < -0.3 is 14.7 Å². The van der Waals surface area contributed by atoms with E-state index in [1.807, 2.05) is 0 Å². The van der Waals surface area contributed by atoms with E-state index < -0.39 is 23.8 Å². The Bertz CT molecular complexity index is 839. The van der Waals surface area contributed by atoms with Gasteiger partial charge in [0, 0.05) is 24.1 Å². The van der Waals surface area contributed by atoms with Gasteiger partial charge in [0.1, 0.15) is 17.4 Å². The van der Waals surface area contributed by atoms with Crippen molar-refractivity contribution >= 4 is 5.91 Å². The summed E-state index contributed by atoms with van der Waals surface area (Å²) in [5, 5.41) is 10.0. The van der Waals surface area contributed by atoms with Crippen LogP contribution in [0.15, 0.2) is 36.4 Å². The third-order valence-electron chi connectivity index (χ3n) is 4.79. The van der Waals surface area contributed by atoms with Crippen LogP contribution < -0.4 is 4.74 Å². The number of likely N-dealkylation sites (tertiary alicyclic amines) is 1. The summed E-state index contributed by atoms with van der Waals surface area (Å²) >= 11 is 0. The minimum atomic E-state index is -0.769. The number of hydrogen-bond donors (Lipinski definition) is 1. The van der Waals surface area contributed by atoms with E-state index in [9.17, 15) is 18.7 Å². The van der Waals surface area contributed by atoms with Crippen LogP contribution in [0.25, 0.3) is 0 Å². The number of aliphatic hydroxyl groups is 1. The number of benzene rings is 2. The van der Waals surface area contributed by atoms with Crippen molar-refractivity contribution in [2.45, 2.75) is 25.0 Å². The number of β-amino-alcohol motifs (C(OH)–C–C–N with tert-alkyl or cyclic N) is 1. The number of ether oxygens (including phenoxy) is 1. The average molecular weight is 345 g/mol. The van der Waals surface area contributed by atoms with Gasteiger partial charge in [-0.25, -0.2) is 8.78 Å². The molecule has 0 aliphatic carbocycles. The van der Waals surface area contributed by atoms with Crippen molar-refractivity contribution in [2.24, 2.45) is 0 Å². The lowest BCUT2D eigenvalue weighted by atomic mass is 10.0. The number of fused-ring (bicyclic) bond motifs is 1. The first kappa shape index (κ1) is 16.0.